The maximum absolute atomic E-state index is 12.7. The number of nitrogens with one attached hydrogen (secondary N) is 2. The van der Waals surface area contributed by atoms with Gasteiger partial charge in [-0.05, 0) is 25.6 Å². The second-order valence-corrected chi connectivity index (χ2v) is 8.50. The molecule has 0 radical (unpaired) electrons. The van der Waals surface area contributed by atoms with Gasteiger partial charge in [-0.2, -0.15) is 5.10 Å². The molecule has 0 aliphatic carbocycles. The molecular formula is C25H33N7O. The van der Waals surface area contributed by atoms with Gasteiger partial charge in [-0.3, -0.25) is 0 Å². The number of likely N-dealkylation sites (N-methyl/N-ethyl adjacent to an activating group) is 1. The summed E-state index contributed by atoms with van der Waals surface area (Å²) < 4.78 is 1.74. The molecule has 4 rings (SSSR count). The zero-order valence-electron chi connectivity index (χ0n) is 19.2. The Morgan fingerprint density at radius 2 is 1.67 bits per heavy atom. The van der Waals surface area contributed by atoms with E-state index in [-0.39, 0.29) is 6.03 Å². The number of carbonyl (C=O) groups is 1. The van der Waals surface area contributed by atoms with Crippen LogP contribution in [0.5, 0.6) is 0 Å². The summed E-state index contributed by atoms with van der Waals surface area (Å²) in [6.45, 7) is 6.49. The molecule has 8 nitrogen and oxygen atoms in total. The molecule has 0 unspecified atom stereocenters. The summed E-state index contributed by atoms with van der Waals surface area (Å²) in [5.74, 6) is 0.435. The molecule has 1 aliphatic rings. The average Bonchev–Trinajstić information content (AvgIpc) is 3.14. The van der Waals surface area contributed by atoms with E-state index in [0.29, 0.717) is 30.3 Å². The standard InChI is InChI=1S/C25H33N7O/c1-30-15-17-31(18-16-30)14-8-13-27-25(33)28-23-22(21-11-6-3-7-12-21)29-32(24(23)26)19-20-9-4-2-5-10-20/h2-7,9-12H,8,13-19,26H2,1H3,(H2,27,28,33). The third-order valence-corrected chi connectivity index (χ3v) is 5.99. The number of anilines is 2. The van der Waals surface area contributed by atoms with Crippen LogP contribution in [0, 0.1) is 0 Å². The van der Waals surface area contributed by atoms with Gasteiger partial charge in [-0.15, -0.1) is 0 Å². The van der Waals surface area contributed by atoms with Crippen molar-refractivity contribution in [2.75, 3.05) is 57.4 Å². The maximum Gasteiger partial charge on any atom is 0.319 e. The Balaban J connectivity index is 1.40. The molecule has 3 aromatic rings. The molecule has 2 heterocycles. The highest BCUT2D eigenvalue weighted by atomic mass is 16.2. The number of carbonyl (C=O) groups excluding carboxylic acids is 1. The predicted octanol–water partition coefficient (Wildman–Crippen LogP) is 2.94. The van der Waals surface area contributed by atoms with E-state index >= 15 is 0 Å². The summed E-state index contributed by atoms with van der Waals surface area (Å²) in [6.07, 6.45) is 0.908. The summed E-state index contributed by atoms with van der Waals surface area (Å²) >= 11 is 0. The van der Waals surface area contributed by atoms with Crippen LogP contribution in [0.3, 0.4) is 0 Å². The molecule has 8 heteroatoms. The summed E-state index contributed by atoms with van der Waals surface area (Å²) in [6, 6.07) is 19.5. The molecule has 0 spiro atoms. The molecular weight excluding hydrogens is 414 g/mol. The van der Waals surface area contributed by atoms with Crippen molar-refractivity contribution in [3.05, 3.63) is 66.2 Å². The van der Waals surface area contributed by atoms with E-state index in [1.54, 1.807) is 4.68 Å². The number of nitrogen functional groups attached to an aromatic ring is 1. The van der Waals surface area contributed by atoms with Gasteiger partial charge in [0.2, 0.25) is 0 Å². The van der Waals surface area contributed by atoms with Gasteiger partial charge >= 0.3 is 6.03 Å². The lowest BCUT2D eigenvalue weighted by Gasteiger charge is -2.32. The summed E-state index contributed by atoms with van der Waals surface area (Å²) in [5, 5.41) is 10.6. The van der Waals surface area contributed by atoms with Crippen LogP contribution >= 0.6 is 0 Å². The van der Waals surface area contributed by atoms with Crippen LogP contribution in [0.25, 0.3) is 11.3 Å². The molecule has 174 valence electrons. The Morgan fingerprint density at radius 3 is 2.36 bits per heavy atom. The lowest BCUT2D eigenvalue weighted by molar-refractivity contribution is 0.153. The van der Waals surface area contributed by atoms with Crippen molar-refractivity contribution < 1.29 is 4.79 Å². The van der Waals surface area contributed by atoms with Crippen molar-refractivity contribution in [2.45, 2.75) is 13.0 Å². The Bertz CT molecular complexity index is 1030. The number of rotatable bonds is 8. The van der Waals surface area contributed by atoms with E-state index in [9.17, 15) is 4.79 Å². The summed E-state index contributed by atoms with van der Waals surface area (Å²) in [4.78, 5) is 17.5. The first-order valence-electron chi connectivity index (χ1n) is 11.5. The van der Waals surface area contributed by atoms with E-state index in [1.165, 1.54) is 0 Å². The van der Waals surface area contributed by atoms with E-state index in [0.717, 1.165) is 50.3 Å². The van der Waals surface area contributed by atoms with Gasteiger partial charge in [-0.25, -0.2) is 9.48 Å². The molecule has 33 heavy (non-hydrogen) atoms. The second kappa shape index (κ2) is 11.0. The molecule has 1 aromatic heterocycles. The predicted molar refractivity (Wildman–Crippen MR) is 133 cm³/mol. The van der Waals surface area contributed by atoms with Gasteiger partial charge in [-0.1, -0.05) is 60.7 Å². The molecule has 0 saturated carbocycles. The van der Waals surface area contributed by atoms with Gasteiger partial charge in [0, 0.05) is 38.3 Å². The van der Waals surface area contributed by atoms with Crippen LogP contribution in [0.1, 0.15) is 12.0 Å². The number of hydrogen-bond acceptors (Lipinski definition) is 5. The molecule has 2 aromatic carbocycles. The SMILES string of the molecule is CN1CCN(CCCNC(=O)Nc2c(-c3ccccc3)nn(Cc3ccccc3)c2N)CC1. The molecule has 2 amide bonds. The lowest BCUT2D eigenvalue weighted by Crippen LogP contribution is -2.45. The Kier molecular flexibility index (Phi) is 7.59. The van der Waals surface area contributed by atoms with Crippen molar-refractivity contribution in [2.24, 2.45) is 0 Å². The van der Waals surface area contributed by atoms with Crippen molar-refractivity contribution >= 4 is 17.5 Å². The van der Waals surface area contributed by atoms with E-state index in [1.807, 2.05) is 60.7 Å². The topological polar surface area (TPSA) is 91.5 Å². The number of urea groups is 1. The average molecular weight is 448 g/mol. The van der Waals surface area contributed by atoms with E-state index in [2.05, 4.69) is 27.5 Å². The molecule has 0 atom stereocenters. The number of piperazine rings is 1. The van der Waals surface area contributed by atoms with E-state index < -0.39 is 0 Å². The minimum Gasteiger partial charge on any atom is -0.382 e. The molecule has 1 fully saturated rings. The van der Waals surface area contributed by atoms with Crippen molar-refractivity contribution in [3.8, 4) is 11.3 Å². The van der Waals surface area contributed by atoms with Crippen LogP contribution < -0.4 is 16.4 Å². The van der Waals surface area contributed by atoms with Gasteiger partial charge in [0.05, 0.1) is 6.54 Å². The molecule has 1 saturated heterocycles. The fourth-order valence-electron chi connectivity index (χ4n) is 4.01. The van der Waals surface area contributed by atoms with Gasteiger partial charge < -0.3 is 26.2 Å². The fourth-order valence-corrected chi connectivity index (χ4v) is 4.01. The highest BCUT2D eigenvalue weighted by Crippen LogP contribution is 2.32. The minimum absolute atomic E-state index is 0.267. The summed E-state index contributed by atoms with van der Waals surface area (Å²) in [5.41, 5.74) is 9.64. The number of aromatic nitrogens is 2. The number of hydrogen-bond donors (Lipinski definition) is 3. The number of nitrogens with zero attached hydrogens (tertiary/aromatic N) is 4. The fraction of sp³-hybridized carbons (Fsp3) is 0.360. The third kappa shape index (κ3) is 6.12. The summed E-state index contributed by atoms with van der Waals surface area (Å²) in [7, 11) is 2.15. The quantitative estimate of drug-likeness (QED) is 0.462. The van der Waals surface area contributed by atoms with Crippen molar-refractivity contribution in [3.63, 3.8) is 0 Å². The van der Waals surface area contributed by atoms with Crippen LogP contribution in [0.15, 0.2) is 60.7 Å². The largest absolute Gasteiger partial charge is 0.382 e. The highest BCUT2D eigenvalue weighted by Gasteiger charge is 2.19. The van der Waals surface area contributed by atoms with Crippen LogP contribution in [-0.2, 0) is 6.54 Å². The lowest BCUT2D eigenvalue weighted by atomic mass is 10.1. The second-order valence-electron chi connectivity index (χ2n) is 8.50. The zero-order chi connectivity index (χ0) is 23.0. The minimum atomic E-state index is -0.267. The highest BCUT2D eigenvalue weighted by molar-refractivity contribution is 5.97. The third-order valence-electron chi connectivity index (χ3n) is 5.99. The van der Waals surface area contributed by atoms with Crippen molar-refractivity contribution in [1.82, 2.24) is 24.9 Å². The Hall–Kier alpha value is -3.36. The van der Waals surface area contributed by atoms with Gasteiger partial charge in [0.25, 0.3) is 0 Å². The maximum atomic E-state index is 12.7. The number of amides is 2. The normalized spacial score (nSPS) is 14.8. The smallest absolute Gasteiger partial charge is 0.319 e. The van der Waals surface area contributed by atoms with Gasteiger partial charge in [0.15, 0.2) is 0 Å². The van der Waals surface area contributed by atoms with Crippen LogP contribution in [0.4, 0.5) is 16.3 Å². The molecule has 0 bridgehead atoms. The monoisotopic (exact) mass is 447 g/mol. The molecule has 4 N–H and O–H groups in total. The van der Waals surface area contributed by atoms with Crippen LogP contribution in [0.2, 0.25) is 0 Å². The van der Waals surface area contributed by atoms with Gasteiger partial charge in [0.1, 0.15) is 17.2 Å². The zero-order valence-corrected chi connectivity index (χ0v) is 19.2. The number of benzene rings is 2. The Morgan fingerprint density at radius 1 is 1.00 bits per heavy atom. The first-order valence-corrected chi connectivity index (χ1v) is 11.5. The molecule has 1 aliphatic heterocycles. The number of nitrogens with two attached hydrogens (primary N) is 1. The van der Waals surface area contributed by atoms with Crippen molar-refractivity contribution in [1.29, 1.82) is 0 Å². The first-order chi connectivity index (χ1) is 16.1. The first kappa shape index (κ1) is 22.8. The Labute approximate surface area is 195 Å². The van der Waals surface area contributed by atoms with Crippen LogP contribution in [-0.4, -0.2) is 71.9 Å². The van der Waals surface area contributed by atoms with E-state index in [4.69, 9.17) is 10.8 Å².